The lowest BCUT2D eigenvalue weighted by Crippen LogP contribution is -2.28. The number of hydrogen-bond donors (Lipinski definition) is 0. The van der Waals surface area contributed by atoms with Gasteiger partial charge in [-0.05, 0) is 30.7 Å². The molecule has 0 unspecified atom stereocenters. The van der Waals surface area contributed by atoms with E-state index in [4.69, 9.17) is 12.2 Å². The van der Waals surface area contributed by atoms with Crippen LogP contribution in [-0.4, -0.2) is 34.6 Å². The van der Waals surface area contributed by atoms with Crippen LogP contribution >= 0.6 is 12.2 Å². The molecular formula is C17H17N3O2S. The van der Waals surface area contributed by atoms with Gasteiger partial charge in [0.2, 0.25) is 0 Å². The van der Waals surface area contributed by atoms with Gasteiger partial charge in [0.1, 0.15) is 10.7 Å². The van der Waals surface area contributed by atoms with Crippen molar-refractivity contribution in [2.24, 2.45) is 4.99 Å². The van der Waals surface area contributed by atoms with Crippen LogP contribution in [-0.2, 0) is 0 Å². The Bertz CT molecular complexity index is 768. The molecule has 6 heteroatoms. The lowest BCUT2D eigenvalue weighted by Gasteiger charge is -2.16. The smallest absolute Gasteiger partial charge is 0.269 e. The largest absolute Gasteiger partial charge is 0.367 e. The molecule has 0 bridgehead atoms. The van der Waals surface area contributed by atoms with Gasteiger partial charge in [0.25, 0.3) is 5.69 Å². The highest BCUT2D eigenvalue weighted by atomic mass is 32.1. The molecule has 2 aromatic carbocycles. The molecule has 0 atom stereocenters. The van der Waals surface area contributed by atoms with Crippen LogP contribution in [0.15, 0.2) is 53.5 Å². The van der Waals surface area contributed by atoms with E-state index < -0.39 is 4.92 Å². The zero-order chi connectivity index (χ0) is 17.0. The first kappa shape index (κ1) is 16.8. The zero-order valence-corrected chi connectivity index (χ0v) is 14.0. The van der Waals surface area contributed by atoms with E-state index in [2.05, 4.69) is 4.99 Å². The van der Waals surface area contributed by atoms with E-state index in [1.165, 1.54) is 12.1 Å². The minimum atomic E-state index is -0.424. The van der Waals surface area contributed by atoms with Crippen LogP contribution in [0, 0.1) is 17.0 Å². The Morgan fingerprint density at radius 3 is 2.26 bits per heavy atom. The molecule has 0 aliphatic heterocycles. The Balaban J connectivity index is 2.53. The van der Waals surface area contributed by atoms with Crippen LogP contribution in [0.5, 0.6) is 0 Å². The summed E-state index contributed by atoms with van der Waals surface area (Å²) in [6.45, 7) is 1.98. The van der Waals surface area contributed by atoms with Gasteiger partial charge in [-0.2, -0.15) is 0 Å². The number of para-hydroxylation sites is 1. The first-order valence-corrected chi connectivity index (χ1v) is 7.42. The lowest BCUT2D eigenvalue weighted by atomic mass is 10.1. The van der Waals surface area contributed by atoms with Gasteiger partial charge >= 0.3 is 0 Å². The second kappa shape index (κ2) is 7.11. The molecule has 0 amide bonds. The number of likely N-dealkylation sites (N-methyl/N-ethyl adjacent to an activating group) is 1. The fourth-order valence-electron chi connectivity index (χ4n) is 2.00. The van der Waals surface area contributed by atoms with Gasteiger partial charge < -0.3 is 4.90 Å². The molecule has 0 heterocycles. The average Bonchev–Trinajstić information content (AvgIpc) is 2.53. The summed E-state index contributed by atoms with van der Waals surface area (Å²) in [4.78, 5) is 17.4. The third-order valence-electron chi connectivity index (χ3n) is 3.31. The highest BCUT2D eigenvalue weighted by Gasteiger charge is 2.14. The summed E-state index contributed by atoms with van der Waals surface area (Å²) in [6, 6.07) is 14.0. The summed E-state index contributed by atoms with van der Waals surface area (Å²) in [5, 5.41) is 10.8. The molecule has 2 aromatic rings. The van der Waals surface area contributed by atoms with E-state index in [-0.39, 0.29) is 5.69 Å². The number of non-ortho nitro benzene ring substituents is 1. The number of benzene rings is 2. The lowest BCUT2D eigenvalue weighted by molar-refractivity contribution is -0.384. The molecule has 0 saturated carbocycles. The van der Waals surface area contributed by atoms with Gasteiger partial charge in [-0.25, -0.2) is 4.99 Å². The molecule has 23 heavy (non-hydrogen) atoms. The molecule has 0 aromatic heterocycles. The maximum absolute atomic E-state index is 10.8. The first-order valence-electron chi connectivity index (χ1n) is 7.01. The average molecular weight is 327 g/mol. The predicted octanol–water partition coefficient (Wildman–Crippen LogP) is 3.91. The van der Waals surface area contributed by atoms with Crippen LogP contribution in [0.1, 0.15) is 11.1 Å². The van der Waals surface area contributed by atoms with Gasteiger partial charge in [0.05, 0.1) is 10.6 Å². The van der Waals surface area contributed by atoms with Crippen molar-refractivity contribution in [1.29, 1.82) is 0 Å². The number of nitrogens with zero attached hydrogens (tertiary/aromatic N) is 3. The number of rotatable bonds is 4. The van der Waals surface area contributed by atoms with Gasteiger partial charge in [0, 0.05) is 31.8 Å². The van der Waals surface area contributed by atoms with Crippen LogP contribution in [0.4, 0.5) is 11.4 Å². The number of nitro benzene ring substituents is 1. The van der Waals surface area contributed by atoms with Crippen molar-refractivity contribution >= 4 is 34.3 Å². The molecule has 0 radical (unpaired) electrons. The van der Waals surface area contributed by atoms with Crippen molar-refractivity contribution in [3.8, 4) is 0 Å². The quantitative estimate of drug-likeness (QED) is 0.370. The Labute approximate surface area is 140 Å². The Hall–Kier alpha value is -2.60. The van der Waals surface area contributed by atoms with Gasteiger partial charge in [-0.1, -0.05) is 30.4 Å². The number of hydrogen-bond acceptors (Lipinski definition) is 4. The van der Waals surface area contributed by atoms with E-state index >= 15 is 0 Å². The summed E-state index contributed by atoms with van der Waals surface area (Å²) >= 11 is 5.47. The fraction of sp³-hybridized carbons (Fsp3) is 0.176. The van der Waals surface area contributed by atoms with Crippen molar-refractivity contribution in [1.82, 2.24) is 4.90 Å². The van der Waals surface area contributed by atoms with Crippen LogP contribution in [0.25, 0.3) is 0 Å². The second-order valence-corrected chi connectivity index (χ2v) is 5.64. The fourth-order valence-corrected chi connectivity index (χ4v) is 2.16. The van der Waals surface area contributed by atoms with Gasteiger partial charge in [-0.15, -0.1) is 0 Å². The van der Waals surface area contributed by atoms with E-state index in [1.807, 2.05) is 45.3 Å². The van der Waals surface area contributed by atoms with Gasteiger partial charge in [-0.3, -0.25) is 10.1 Å². The van der Waals surface area contributed by atoms with Crippen molar-refractivity contribution in [3.05, 3.63) is 69.8 Å². The summed E-state index contributed by atoms with van der Waals surface area (Å²) in [5.74, 6) is 0. The van der Waals surface area contributed by atoms with Crippen molar-refractivity contribution < 1.29 is 4.92 Å². The number of aliphatic imine (C=N–C) groups is 1. The molecule has 0 N–H and O–H groups in total. The third kappa shape index (κ3) is 3.98. The topological polar surface area (TPSA) is 58.7 Å². The summed E-state index contributed by atoms with van der Waals surface area (Å²) < 4.78 is 0. The van der Waals surface area contributed by atoms with E-state index in [0.717, 1.165) is 16.8 Å². The minimum Gasteiger partial charge on any atom is -0.367 e. The maximum atomic E-state index is 10.8. The first-order chi connectivity index (χ1) is 10.9. The monoisotopic (exact) mass is 327 g/mol. The molecule has 0 aliphatic carbocycles. The number of thiocarbonyl (C=S) groups is 1. The molecular weight excluding hydrogens is 310 g/mol. The van der Waals surface area contributed by atoms with E-state index in [9.17, 15) is 10.1 Å². The van der Waals surface area contributed by atoms with Gasteiger partial charge in [0.15, 0.2) is 0 Å². The predicted molar refractivity (Wildman–Crippen MR) is 96.8 cm³/mol. The Morgan fingerprint density at radius 1 is 1.13 bits per heavy atom. The molecule has 0 fully saturated rings. The molecule has 0 spiro atoms. The Kier molecular flexibility index (Phi) is 5.18. The normalized spacial score (nSPS) is 11.2. The number of nitro groups is 1. The Morgan fingerprint density at radius 2 is 1.74 bits per heavy atom. The highest BCUT2D eigenvalue weighted by Crippen LogP contribution is 2.21. The standard InChI is InChI=1S/C17H17N3O2S/c1-12-6-4-5-7-15(12)18-16(17(23)19(2)3)13-8-10-14(11-9-13)20(21)22/h4-11H,1-3H3. The summed E-state index contributed by atoms with van der Waals surface area (Å²) in [7, 11) is 3.70. The van der Waals surface area contributed by atoms with E-state index in [1.54, 1.807) is 17.0 Å². The third-order valence-corrected chi connectivity index (χ3v) is 3.87. The molecule has 0 aliphatic rings. The van der Waals surface area contributed by atoms with Crippen LogP contribution in [0.3, 0.4) is 0 Å². The SMILES string of the molecule is Cc1ccccc1N=C(C(=S)N(C)C)c1ccc([N+](=O)[O-])cc1. The highest BCUT2D eigenvalue weighted by molar-refractivity contribution is 7.82. The summed E-state index contributed by atoms with van der Waals surface area (Å²) in [6.07, 6.45) is 0. The maximum Gasteiger partial charge on any atom is 0.269 e. The van der Waals surface area contributed by atoms with Crippen molar-refractivity contribution in [2.45, 2.75) is 6.92 Å². The van der Waals surface area contributed by atoms with E-state index in [0.29, 0.717) is 10.7 Å². The van der Waals surface area contributed by atoms with Crippen LogP contribution in [0.2, 0.25) is 0 Å². The molecule has 118 valence electrons. The molecule has 5 nitrogen and oxygen atoms in total. The second-order valence-electron chi connectivity index (χ2n) is 5.25. The number of aryl methyl sites for hydroxylation is 1. The molecule has 2 rings (SSSR count). The molecule has 0 saturated heterocycles. The minimum absolute atomic E-state index is 0.0414. The van der Waals surface area contributed by atoms with Crippen LogP contribution < -0.4 is 0 Å². The zero-order valence-electron chi connectivity index (χ0n) is 13.2. The van der Waals surface area contributed by atoms with Crippen molar-refractivity contribution in [3.63, 3.8) is 0 Å². The summed E-state index contributed by atoms with van der Waals surface area (Å²) in [5.41, 5.74) is 3.27. The van der Waals surface area contributed by atoms with Crippen molar-refractivity contribution in [2.75, 3.05) is 14.1 Å².